The molecule has 0 saturated heterocycles. The Balaban J connectivity index is 1.85. The first-order valence-corrected chi connectivity index (χ1v) is 10.1. The van der Waals surface area contributed by atoms with Crippen LogP contribution in [0.15, 0.2) is 41.1 Å². The van der Waals surface area contributed by atoms with Crippen LogP contribution in [0.4, 0.5) is 4.39 Å². The smallest absolute Gasteiger partial charge is 0.252 e. The average Bonchev–Trinajstić information content (AvgIpc) is 3.18. The number of hydrogen-bond acceptors (Lipinski definition) is 4. The number of pyridine rings is 1. The summed E-state index contributed by atoms with van der Waals surface area (Å²) in [5.41, 5.74) is 2.93. The molecule has 1 atom stereocenters. The van der Waals surface area contributed by atoms with Gasteiger partial charge in [-0.15, -0.1) is 0 Å². The van der Waals surface area contributed by atoms with Crippen LogP contribution in [0.1, 0.15) is 41.5 Å². The van der Waals surface area contributed by atoms with Crippen molar-refractivity contribution < 1.29 is 9.18 Å². The van der Waals surface area contributed by atoms with Crippen molar-refractivity contribution in [3.8, 4) is 0 Å². The van der Waals surface area contributed by atoms with Crippen molar-refractivity contribution in [1.29, 1.82) is 0 Å². The highest BCUT2D eigenvalue weighted by atomic mass is 32.1. The minimum Gasteiger partial charge on any atom is -0.350 e. The number of rotatable bonds is 7. The molecular formula is C21H24FN3OS. The van der Waals surface area contributed by atoms with Crippen molar-refractivity contribution in [3.05, 3.63) is 63.7 Å². The largest absolute Gasteiger partial charge is 0.350 e. The zero-order valence-corrected chi connectivity index (χ0v) is 16.6. The van der Waals surface area contributed by atoms with Crippen molar-refractivity contribution in [3.63, 3.8) is 0 Å². The zero-order valence-electron chi connectivity index (χ0n) is 15.8. The lowest BCUT2D eigenvalue weighted by Crippen LogP contribution is -2.38. The Kier molecular flexibility index (Phi) is 6.19. The summed E-state index contributed by atoms with van der Waals surface area (Å²) in [5, 5.41) is 7.92. The topological polar surface area (TPSA) is 45.2 Å². The Labute approximate surface area is 163 Å². The van der Waals surface area contributed by atoms with E-state index in [1.807, 2.05) is 6.92 Å². The summed E-state index contributed by atoms with van der Waals surface area (Å²) in [6, 6.07) is 8.33. The number of carbonyl (C=O) groups excluding carboxylic acids is 1. The van der Waals surface area contributed by atoms with Crippen molar-refractivity contribution in [2.24, 2.45) is 0 Å². The lowest BCUT2D eigenvalue weighted by Gasteiger charge is -2.29. The van der Waals surface area contributed by atoms with E-state index >= 15 is 0 Å². The van der Waals surface area contributed by atoms with Crippen LogP contribution in [-0.4, -0.2) is 35.4 Å². The maximum Gasteiger partial charge on any atom is 0.252 e. The number of aromatic nitrogens is 1. The van der Waals surface area contributed by atoms with E-state index < -0.39 is 0 Å². The molecule has 0 saturated carbocycles. The van der Waals surface area contributed by atoms with Crippen LogP contribution >= 0.6 is 11.3 Å². The first kappa shape index (κ1) is 19.5. The summed E-state index contributed by atoms with van der Waals surface area (Å²) < 4.78 is 13.5. The van der Waals surface area contributed by atoms with Crippen LogP contribution in [-0.2, 0) is 0 Å². The molecule has 0 bridgehead atoms. The van der Waals surface area contributed by atoms with Crippen LogP contribution in [0, 0.1) is 12.7 Å². The number of nitrogens with one attached hydrogen (secondary N) is 1. The van der Waals surface area contributed by atoms with E-state index in [9.17, 15) is 9.18 Å². The lowest BCUT2D eigenvalue weighted by molar-refractivity contribution is 0.0936. The number of halogens is 1. The van der Waals surface area contributed by atoms with Gasteiger partial charge in [0.25, 0.3) is 5.91 Å². The van der Waals surface area contributed by atoms with Gasteiger partial charge in [-0.2, -0.15) is 11.3 Å². The van der Waals surface area contributed by atoms with Crippen LogP contribution < -0.4 is 5.32 Å². The predicted octanol–water partition coefficient (Wildman–Crippen LogP) is 4.56. The quantitative estimate of drug-likeness (QED) is 0.649. The third-order valence-corrected chi connectivity index (χ3v) is 5.48. The highest BCUT2D eigenvalue weighted by molar-refractivity contribution is 7.07. The van der Waals surface area contributed by atoms with E-state index in [0.29, 0.717) is 28.7 Å². The van der Waals surface area contributed by atoms with Crippen molar-refractivity contribution >= 4 is 28.1 Å². The molecular weight excluding hydrogens is 361 g/mol. The highest BCUT2D eigenvalue weighted by Crippen LogP contribution is 2.23. The molecule has 0 aliphatic carbocycles. The van der Waals surface area contributed by atoms with E-state index in [-0.39, 0.29) is 17.8 Å². The molecule has 2 aromatic heterocycles. The molecule has 6 heteroatoms. The maximum absolute atomic E-state index is 13.5. The van der Waals surface area contributed by atoms with Gasteiger partial charge in [-0.3, -0.25) is 14.7 Å². The molecule has 1 N–H and O–H groups in total. The van der Waals surface area contributed by atoms with E-state index in [1.54, 1.807) is 23.5 Å². The second-order valence-corrected chi connectivity index (χ2v) is 7.26. The predicted molar refractivity (Wildman–Crippen MR) is 109 cm³/mol. The van der Waals surface area contributed by atoms with E-state index in [1.165, 1.54) is 17.7 Å². The maximum atomic E-state index is 13.5. The number of aryl methyl sites for hydroxylation is 1. The number of hydrogen-bond donors (Lipinski definition) is 1. The van der Waals surface area contributed by atoms with Gasteiger partial charge < -0.3 is 5.32 Å². The fourth-order valence-corrected chi connectivity index (χ4v) is 4.10. The van der Waals surface area contributed by atoms with Crippen LogP contribution in [0.5, 0.6) is 0 Å². The molecule has 0 fully saturated rings. The first-order valence-electron chi connectivity index (χ1n) is 9.14. The third-order valence-electron chi connectivity index (χ3n) is 4.78. The fraction of sp³-hybridized carbons (Fsp3) is 0.333. The molecule has 4 nitrogen and oxygen atoms in total. The number of likely N-dealkylation sites (N-methyl/N-ethyl adjacent to an activating group) is 1. The van der Waals surface area contributed by atoms with Gasteiger partial charge in [-0.05, 0) is 60.6 Å². The average molecular weight is 386 g/mol. The minimum atomic E-state index is -0.356. The van der Waals surface area contributed by atoms with Crippen LogP contribution in [0.25, 0.3) is 10.9 Å². The molecule has 0 spiro atoms. The third kappa shape index (κ3) is 4.34. The highest BCUT2D eigenvalue weighted by Gasteiger charge is 2.20. The first-order chi connectivity index (χ1) is 13.0. The Morgan fingerprint density at radius 1 is 1.26 bits per heavy atom. The molecule has 1 aromatic carbocycles. The number of thiophene rings is 1. The number of fused-ring (bicyclic) bond motifs is 1. The molecule has 142 valence electrons. The van der Waals surface area contributed by atoms with Gasteiger partial charge >= 0.3 is 0 Å². The van der Waals surface area contributed by atoms with E-state index in [4.69, 9.17) is 0 Å². The number of amides is 1. The molecule has 27 heavy (non-hydrogen) atoms. The van der Waals surface area contributed by atoms with Crippen LogP contribution in [0.3, 0.4) is 0 Å². The summed E-state index contributed by atoms with van der Waals surface area (Å²) in [5.74, 6) is -0.518. The lowest BCUT2D eigenvalue weighted by atomic mass is 10.1. The van der Waals surface area contributed by atoms with Crippen LogP contribution in [0.2, 0.25) is 0 Å². The standard InChI is InChI=1S/C21H24FN3OS/c1-4-25(5-2)20(15-8-9-27-13-15)12-23-21(26)18-10-14(3)24-19-11-16(22)6-7-17(18)19/h6-11,13,20H,4-5,12H2,1-3H3,(H,23,26). The molecule has 0 aliphatic heterocycles. The Hall–Kier alpha value is -2.31. The molecule has 0 radical (unpaired) electrons. The Morgan fingerprint density at radius 3 is 2.70 bits per heavy atom. The molecule has 1 unspecified atom stereocenters. The van der Waals surface area contributed by atoms with Gasteiger partial charge in [0.2, 0.25) is 0 Å². The Morgan fingerprint density at radius 2 is 2.04 bits per heavy atom. The van der Waals surface area contributed by atoms with Gasteiger partial charge in [0, 0.05) is 23.7 Å². The summed E-state index contributed by atoms with van der Waals surface area (Å²) in [6.07, 6.45) is 0. The van der Waals surface area contributed by atoms with Gasteiger partial charge in [0.05, 0.1) is 17.1 Å². The molecule has 1 amide bonds. The zero-order chi connectivity index (χ0) is 19.4. The SMILES string of the molecule is CCN(CC)C(CNC(=O)c1cc(C)nc2cc(F)ccc12)c1ccsc1. The van der Waals surface area contributed by atoms with E-state index in [0.717, 1.165) is 13.1 Å². The van der Waals surface area contributed by atoms with E-state index in [2.05, 4.69) is 45.9 Å². The number of carbonyl (C=O) groups is 1. The van der Waals surface area contributed by atoms with Gasteiger partial charge in [0.1, 0.15) is 5.82 Å². The summed E-state index contributed by atoms with van der Waals surface area (Å²) in [7, 11) is 0. The second-order valence-electron chi connectivity index (χ2n) is 6.48. The second kappa shape index (κ2) is 8.59. The van der Waals surface area contributed by atoms with Crippen molar-refractivity contribution in [1.82, 2.24) is 15.2 Å². The van der Waals surface area contributed by atoms with Gasteiger partial charge in [-0.25, -0.2) is 4.39 Å². The van der Waals surface area contributed by atoms with Gasteiger partial charge in [-0.1, -0.05) is 13.8 Å². The number of benzene rings is 1. The molecule has 0 aliphatic rings. The molecule has 3 rings (SSSR count). The summed E-state index contributed by atoms with van der Waals surface area (Å²) in [4.78, 5) is 19.6. The van der Waals surface area contributed by atoms with Gasteiger partial charge in [0.15, 0.2) is 0 Å². The van der Waals surface area contributed by atoms with Crippen molar-refractivity contribution in [2.45, 2.75) is 26.8 Å². The normalized spacial score (nSPS) is 12.5. The number of nitrogens with zero attached hydrogens (tertiary/aromatic N) is 2. The fourth-order valence-electron chi connectivity index (χ4n) is 3.39. The summed E-state index contributed by atoms with van der Waals surface area (Å²) in [6.45, 7) is 8.39. The van der Waals surface area contributed by atoms with Crippen molar-refractivity contribution in [2.75, 3.05) is 19.6 Å². The Bertz CT molecular complexity index is 917. The summed E-state index contributed by atoms with van der Waals surface area (Å²) >= 11 is 1.66. The monoisotopic (exact) mass is 385 g/mol. The molecule has 2 heterocycles. The molecule has 3 aromatic rings. The minimum absolute atomic E-state index is 0.127.